The molecule has 29 heavy (non-hydrogen) atoms. The van der Waals surface area contributed by atoms with E-state index in [0.717, 1.165) is 5.56 Å². The number of nitrogens with one attached hydrogen (secondary N) is 1. The molecular weight excluding hydrogens is 374 g/mol. The van der Waals surface area contributed by atoms with Gasteiger partial charge >= 0.3 is 0 Å². The first-order valence-electron chi connectivity index (χ1n) is 8.89. The van der Waals surface area contributed by atoms with E-state index in [1.165, 1.54) is 14.2 Å². The number of aryl methyl sites for hydroxylation is 1. The minimum Gasteiger partial charge on any atom is -0.493 e. The van der Waals surface area contributed by atoms with E-state index in [1.807, 2.05) is 0 Å². The molecule has 8 heteroatoms. The predicted octanol–water partition coefficient (Wildman–Crippen LogP) is 3.16. The van der Waals surface area contributed by atoms with Crippen molar-refractivity contribution in [2.24, 2.45) is 7.05 Å². The van der Waals surface area contributed by atoms with E-state index in [4.69, 9.17) is 13.9 Å². The zero-order valence-corrected chi connectivity index (χ0v) is 16.8. The summed E-state index contributed by atoms with van der Waals surface area (Å²) >= 11 is 0. The number of carbonyl (C=O) groups excluding carboxylic acids is 2. The number of amides is 2. The van der Waals surface area contributed by atoms with Crippen LogP contribution in [-0.4, -0.2) is 42.5 Å². The number of nitrogens with zero attached hydrogens (tertiary/aromatic N) is 2. The summed E-state index contributed by atoms with van der Waals surface area (Å²) in [6.45, 7) is 0.384. The molecule has 0 saturated heterocycles. The number of benzene rings is 1. The quantitative estimate of drug-likeness (QED) is 0.662. The molecule has 0 atom stereocenters. The number of carbonyl (C=O) groups is 2. The Morgan fingerprint density at radius 1 is 1.21 bits per heavy atom. The van der Waals surface area contributed by atoms with E-state index in [0.29, 0.717) is 35.0 Å². The highest BCUT2D eigenvalue weighted by molar-refractivity contribution is 6.05. The van der Waals surface area contributed by atoms with Crippen LogP contribution in [0.1, 0.15) is 26.4 Å². The molecule has 3 rings (SSSR count). The van der Waals surface area contributed by atoms with Gasteiger partial charge in [-0.3, -0.25) is 9.59 Å². The average Bonchev–Trinajstić information content (AvgIpc) is 3.38. The first-order chi connectivity index (χ1) is 13.9. The van der Waals surface area contributed by atoms with Crippen molar-refractivity contribution < 1.29 is 23.5 Å². The lowest BCUT2D eigenvalue weighted by Gasteiger charge is -2.19. The third kappa shape index (κ3) is 4.26. The van der Waals surface area contributed by atoms with E-state index in [-0.39, 0.29) is 11.8 Å². The van der Waals surface area contributed by atoms with Crippen LogP contribution in [0.3, 0.4) is 0 Å². The first-order valence-corrected chi connectivity index (χ1v) is 8.89. The lowest BCUT2D eigenvalue weighted by Crippen LogP contribution is -2.26. The Bertz CT molecular complexity index is 1010. The lowest BCUT2D eigenvalue weighted by molar-refractivity contribution is 0.0784. The second-order valence-electron chi connectivity index (χ2n) is 6.51. The van der Waals surface area contributed by atoms with Gasteiger partial charge in [-0.2, -0.15) is 0 Å². The second kappa shape index (κ2) is 8.55. The van der Waals surface area contributed by atoms with Crippen molar-refractivity contribution in [3.63, 3.8) is 0 Å². The van der Waals surface area contributed by atoms with E-state index >= 15 is 0 Å². The molecule has 2 aromatic heterocycles. The van der Waals surface area contributed by atoms with Gasteiger partial charge in [0.2, 0.25) is 0 Å². The number of rotatable bonds is 7. The molecule has 0 unspecified atom stereocenters. The van der Waals surface area contributed by atoms with Crippen LogP contribution in [0.25, 0.3) is 0 Å². The maximum absolute atomic E-state index is 12.9. The van der Waals surface area contributed by atoms with Gasteiger partial charge in [-0.05, 0) is 30.3 Å². The van der Waals surface area contributed by atoms with Gasteiger partial charge in [0.25, 0.3) is 11.8 Å². The van der Waals surface area contributed by atoms with Crippen molar-refractivity contribution in [3.8, 4) is 11.5 Å². The molecule has 0 aliphatic heterocycles. The monoisotopic (exact) mass is 397 g/mol. The number of ether oxygens (including phenoxy) is 2. The number of methoxy groups -OCH3 is 2. The van der Waals surface area contributed by atoms with Crippen molar-refractivity contribution in [2.45, 2.75) is 6.54 Å². The maximum Gasteiger partial charge on any atom is 0.272 e. The lowest BCUT2D eigenvalue weighted by atomic mass is 10.1. The topological polar surface area (TPSA) is 85.9 Å². The van der Waals surface area contributed by atoms with Crippen LogP contribution in [0.2, 0.25) is 0 Å². The molecule has 0 radical (unpaired) electrons. The fourth-order valence-electron chi connectivity index (χ4n) is 3.01. The summed E-state index contributed by atoms with van der Waals surface area (Å²) in [7, 11) is 6.42. The summed E-state index contributed by atoms with van der Waals surface area (Å²) in [5, 5.41) is 2.81. The first kappa shape index (κ1) is 20.1. The van der Waals surface area contributed by atoms with E-state index in [2.05, 4.69) is 5.32 Å². The van der Waals surface area contributed by atoms with Gasteiger partial charge in [-0.25, -0.2) is 0 Å². The highest BCUT2D eigenvalue weighted by Gasteiger charge is 2.21. The van der Waals surface area contributed by atoms with Gasteiger partial charge in [-0.15, -0.1) is 0 Å². The molecule has 1 N–H and O–H groups in total. The third-order valence-electron chi connectivity index (χ3n) is 4.50. The molecule has 0 fully saturated rings. The van der Waals surface area contributed by atoms with E-state index in [9.17, 15) is 9.59 Å². The molecule has 0 aliphatic carbocycles. The molecule has 0 saturated carbocycles. The molecule has 8 nitrogen and oxygen atoms in total. The summed E-state index contributed by atoms with van der Waals surface area (Å²) in [6.07, 6.45) is 4.92. The summed E-state index contributed by atoms with van der Waals surface area (Å²) in [6, 6.07) is 8.44. The van der Waals surface area contributed by atoms with Gasteiger partial charge < -0.3 is 28.7 Å². The van der Waals surface area contributed by atoms with Crippen LogP contribution in [-0.2, 0) is 13.6 Å². The molecule has 0 bridgehead atoms. The SMILES string of the molecule is COc1cc(C(=O)N(C)Cc2ccoc2)cc(NC(=O)c2cccn2C)c1OC. The molecule has 1 aromatic carbocycles. The van der Waals surface area contributed by atoms with Crippen LogP contribution < -0.4 is 14.8 Å². The Morgan fingerprint density at radius 3 is 2.59 bits per heavy atom. The Kier molecular flexibility index (Phi) is 5.92. The summed E-state index contributed by atoms with van der Waals surface area (Å²) in [4.78, 5) is 27.1. The van der Waals surface area contributed by atoms with Gasteiger partial charge in [0.1, 0.15) is 5.69 Å². The predicted molar refractivity (Wildman–Crippen MR) is 107 cm³/mol. The molecule has 0 spiro atoms. The van der Waals surface area contributed by atoms with Crippen molar-refractivity contribution >= 4 is 17.5 Å². The van der Waals surface area contributed by atoms with Crippen molar-refractivity contribution in [1.82, 2.24) is 9.47 Å². The zero-order valence-electron chi connectivity index (χ0n) is 16.8. The Balaban J connectivity index is 1.92. The summed E-state index contributed by atoms with van der Waals surface area (Å²) < 4.78 is 17.5. The Labute approximate surface area is 168 Å². The zero-order chi connectivity index (χ0) is 21.0. The minimum absolute atomic E-state index is 0.235. The molecule has 2 heterocycles. The average molecular weight is 397 g/mol. The van der Waals surface area contributed by atoms with Crippen LogP contribution in [0.5, 0.6) is 11.5 Å². The molecule has 2 amide bonds. The smallest absolute Gasteiger partial charge is 0.272 e. The van der Waals surface area contributed by atoms with Crippen molar-refractivity contribution in [3.05, 3.63) is 65.9 Å². The summed E-state index contributed by atoms with van der Waals surface area (Å²) in [5.41, 5.74) is 2.05. The summed E-state index contributed by atoms with van der Waals surface area (Å²) in [5.74, 6) is 0.122. The van der Waals surface area contributed by atoms with E-state index in [1.54, 1.807) is 72.6 Å². The number of furan rings is 1. The number of hydrogen-bond donors (Lipinski definition) is 1. The van der Waals surface area contributed by atoms with E-state index < -0.39 is 0 Å². The number of anilines is 1. The van der Waals surface area contributed by atoms with Crippen LogP contribution in [0.4, 0.5) is 5.69 Å². The highest BCUT2D eigenvalue weighted by atomic mass is 16.5. The highest BCUT2D eigenvalue weighted by Crippen LogP contribution is 2.37. The molecule has 3 aromatic rings. The third-order valence-corrected chi connectivity index (χ3v) is 4.50. The Morgan fingerprint density at radius 2 is 2.00 bits per heavy atom. The van der Waals surface area contributed by atoms with Crippen molar-refractivity contribution in [1.29, 1.82) is 0 Å². The molecule has 0 aliphatic rings. The fourth-order valence-corrected chi connectivity index (χ4v) is 3.01. The number of aromatic nitrogens is 1. The maximum atomic E-state index is 12.9. The molecule has 152 valence electrons. The largest absolute Gasteiger partial charge is 0.493 e. The van der Waals surface area contributed by atoms with Crippen LogP contribution in [0, 0.1) is 0 Å². The van der Waals surface area contributed by atoms with Gasteiger partial charge in [0, 0.05) is 38.0 Å². The second-order valence-corrected chi connectivity index (χ2v) is 6.51. The van der Waals surface area contributed by atoms with Crippen LogP contribution >= 0.6 is 0 Å². The fraction of sp³-hybridized carbons (Fsp3) is 0.238. The van der Waals surface area contributed by atoms with Crippen LogP contribution in [0.15, 0.2) is 53.5 Å². The Hall–Kier alpha value is -3.68. The number of hydrogen-bond acceptors (Lipinski definition) is 5. The minimum atomic E-state index is -0.325. The normalized spacial score (nSPS) is 10.5. The molecular formula is C21H23N3O5. The standard InChI is InChI=1S/C21H23N3O5/c1-23-8-5-6-17(23)20(25)22-16-10-15(11-18(27-3)19(16)28-4)21(26)24(2)12-14-7-9-29-13-14/h5-11,13H,12H2,1-4H3,(H,22,25). The van der Waals surface area contributed by atoms with Crippen molar-refractivity contribution in [2.75, 3.05) is 26.6 Å². The van der Waals surface area contributed by atoms with Gasteiger partial charge in [0.15, 0.2) is 11.5 Å². The van der Waals surface area contributed by atoms with Gasteiger partial charge in [0.05, 0.1) is 32.4 Å². The van der Waals surface area contributed by atoms with Gasteiger partial charge in [-0.1, -0.05) is 0 Å².